The summed E-state index contributed by atoms with van der Waals surface area (Å²) >= 11 is 0. The van der Waals surface area contributed by atoms with Gasteiger partial charge in [-0.2, -0.15) is 0 Å². The number of carbonyl (C=O) groups excluding carboxylic acids is 3. The molecular formula is C17H26N4O4. The predicted octanol–water partition coefficient (Wildman–Crippen LogP) is 1.99. The summed E-state index contributed by atoms with van der Waals surface area (Å²) in [5.41, 5.74) is 0.751. The number of aryl methyl sites for hydroxylation is 1. The first-order chi connectivity index (χ1) is 11.5. The van der Waals surface area contributed by atoms with Crippen LogP contribution in [0, 0.1) is 6.92 Å². The van der Waals surface area contributed by atoms with Crippen LogP contribution < -0.4 is 16.0 Å². The molecule has 1 rings (SSSR count). The van der Waals surface area contributed by atoms with Gasteiger partial charge in [0.1, 0.15) is 6.04 Å². The summed E-state index contributed by atoms with van der Waals surface area (Å²) in [7, 11) is 0. The van der Waals surface area contributed by atoms with Crippen LogP contribution in [0.3, 0.4) is 0 Å². The maximum atomic E-state index is 12.1. The van der Waals surface area contributed by atoms with Crippen molar-refractivity contribution in [1.29, 1.82) is 0 Å². The second-order valence-electron chi connectivity index (χ2n) is 6.64. The fraction of sp³-hybridized carbons (Fsp3) is 0.529. The predicted molar refractivity (Wildman–Crippen MR) is 94.4 cm³/mol. The Balaban J connectivity index is 2.75. The Morgan fingerprint density at radius 1 is 1.28 bits per heavy atom. The zero-order valence-electron chi connectivity index (χ0n) is 15.5. The molecule has 3 amide bonds. The maximum absolute atomic E-state index is 12.1. The van der Waals surface area contributed by atoms with E-state index in [-0.39, 0.29) is 18.1 Å². The average Bonchev–Trinajstić information content (AvgIpc) is 2.47. The van der Waals surface area contributed by atoms with Crippen LogP contribution in [0.5, 0.6) is 0 Å². The second kappa shape index (κ2) is 8.46. The van der Waals surface area contributed by atoms with Gasteiger partial charge >= 0.3 is 12.0 Å². The number of anilines is 1. The third-order valence-corrected chi connectivity index (χ3v) is 3.09. The van der Waals surface area contributed by atoms with Crippen LogP contribution in [0.1, 0.15) is 50.7 Å². The van der Waals surface area contributed by atoms with Gasteiger partial charge in [-0.05, 0) is 47.6 Å². The van der Waals surface area contributed by atoms with Crippen molar-refractivity contribution in [3.63, 3.8) is 0 Å². The molecule has 0 aliphatic heterocycles. The number of pyridine rings is 1. The number of nitrogens with one attached hydrogen (secondary N) is 3. The van der Waals surface area contributed by atoms with Gasteiger partial charge in [-0.25, -0.2) is 9.59 Å². The van der Waals surface area contributed by atoms with Gasteiger partial charge in [-0.3, -0.25) is 9.78 Å². The summed E-state index contributed by atoms with van der Waals surface area (Å²) in [5.74, 6) is -0.811. The number of urea groups is 1. The number of hydrogen-bond acceptors (Lipinski definition) is 5. The fourth-order valence-corrected chi connectivity index (χ4v) is 1.88. The van der Waals surface area contributed by atoms with Crippen LogP contribution in [-0.2, 0) is 9.53 Å². The third kappa shape index (κ3) is 6.78. The van der Waals surface area contributed by atoms with E-state index >= 15 is 0 Å². The van der Waals surface area contributed by atoms with Crippen molar-refractivity contribution in [2.75, 3.05) is 11.9 Å². The highest BCUT2D eigenvalue weighted by atomic mass is 16.5. The Hall–Kier alpha value is -2.64. The van der Waals surface area contributed by atoms with Crippen LogP contribution in [0.25, 0.3) is 0 Å². The van der Waals surface area contributed by atoms with Gasteiger partial charge in [0.15, 0.2) is 0 Å². The van der Waals surface area contributed by atoms with Gasteiger partial charge < -0.3 is 20.7 Å². The van der Waals surface area contributed by atoms with Crippen molar-refractivity contribution >= 4 is 23.6 Å². The lowest BCUT2D eigenvalue weighted by atomic mass is 10.1. The largest absolute Gasteiger partial charge is 0.462 e. The van der Waals surface area contributed by atoms with Crippen molar-refractivity contribution in [1.82, 2.24) is 15.6 Å². The van der Waals surface area contributed by atoms with Crippen LogP contribution in [0.2, 0.25) is 0 Å². The van der Waals surface area contributed by atoms with E-state index in [9.17, 15) is 14.4 Å². The molecule has 0 aromatic carbocycles. The lowest BCUT2D eigenvalue weighted by Crippen LogP contribution is -2.51. The van der Waals surface area contributed by atoms with E-state index in [0.717, 1.165) is 0 Å². The fourth-order valence-electron chi connectivity index (χ4n) is 1.88. The van der Waals surface area contributed by atoms with E-state index in [4.69, 9.17) is 4.74 Å². The molecule has 0 aliphatic carbocycles. The molecule has 138 valence electrons. The van der Waals surface area contributed by atoms with Gasteiger partial charge in [-0.1, -0.05) is 0 Å². The molecule has 0 saturated carbocycles. The molecule has 3 N–H and O–H groups in total. The van der Waals surface area contributed by atoms with Crippen LogP contribution in [-0.4, -0.2) is 41.1 Å². The Morgan fingerprint density at radius 3 is 2.48 bits per heavy atom. The zero-order chi connectivity index (χ0) is 19.2. The summed E-state index contributed by atoms with van der Waals surface area (Å²) in [6.07, 6.45) is 1.38. The minimum atomic E-state index is -0.722. The van der Waals surface area contributed by atoms with E-state index in [2.05, 4.69) is 20.9 Å². The Morgan fingerprint density at radius 2 is 1.92 bits per heavy atom. The normalized spacial score (nSPS) is 12.1. The van der Waals surface area contributed by atoms with Crippen molar-refractivity contribution in [3.8, 4) is 0 Å². The summed E-state index contributed by atoms with van der Waals surface area (Å²) in [6, 6.07) is 0.197. The van der Waals surface area contributed by atoms with Crippen molar-refractivity contribution in [2.24, 2.45) is 0 Å². The molecule has 1 atom stereocenters. The lowest BCUT2D eigenvalue weighted by molar-refractivity contribution is -0.123. The number of ether oxygens (including phenoxy) is 1. The number of amides is 3. The van der Waals surface area contributed by atoms with Crippen molar-refractivity contribution < 1.29 is 19.1 Å². The highest BCUT2D eigenvalue weighted by Crippen LogP contribution is 2.15. The Bertz CT molecular complexity index is 653. The van der Waals surface area contributed by atoms with Gasteiger partial charge in [0.05, 0.1) is 23.6 Å². The van der Waals surface area contributed by atoms with Gasteiger partial charge in [-0.15, -0.1) is 0 Å². The number of hydrogen-bond donors (Lipinski definition) is 3. The van der Waals surface area contributed by atoms with Crippen LogP contribution in [0.4, 0.5) is 10.5 Å². The molecule has 0 spiro atoms. The quantitative estimate of drug-likeness (QED) is 0.704. The van der Waals surface area contributed by atoms with Gasteiger partial charge in [0, 0.05) is 11.7 Å². The standard InChI is InChI=1S/C17H26N4O4/c1-7-25-15(23)12-8-13(10(2)18-9-12)20-16(24)19-11(3)14(22)21-17(4,5)6/h8-9,11H,7H2,1-6H3,(H,21,22)(H2,19,20,24)/t11-/m0/s1. The first kappa shape index (κ1) is 20.4. The van der Waals surface area contributed by atoms with Crippen LogP contribution in [0.15, 0.2) is 12.3 Å². The molecule has 1 heterocycles. The molecular weight excluding hydrogens is 324 g/mol. The van der Waals surface area contributed by atoms with Crippen molar-refractivity contribution in [3.05, 3.63) is 23.5 Å². The molecule has 25 heavy (non-hydrogen) atoms. The third-order valence-electron chi connectivity index (χ3n) is 3.09. The molecule has 0 aliphatic rings. The van der Waals surface area contributed by atoms with Gasteiger partial charge in [0.2, 0.25) is 5.91 Å². The Kier molecular flexibility index (Phi) is 6.90. The topological polar surface area (TPSA) is 109 Å². The highest BCUT2D eigenvalue weighted by Gasteiger charge is 2.21. The SMILES string of the molecule is CCOC(=O)c1cnc(C)c(NC(=O)N[C@@H](C)C(=O)NC(C)(C)C)c1. The molecule has 8 heteroatoms. The smallest absolute Gasteiger partial charge is 0.339 e. The second-order valence-corrected chi connectivity index (χ2v) is 6.64. The minimum absolute atomic E-state index is 0.237. The first-order valence-corrected chi connectivity index (χ1v) is 8.06. The highest BCUT2D eigenvalue weighted by molar-refractivity contribution is 5.96. The van der Waals surface area contributed by atoms with Crippen molar-refractivity contribution in [2.45, 2.75) is 53.1 Å². The summed E-state index contributed by atoms with van der Waals surface area (Å²) in [5, 5.41) is 7.92. The number of esters is 1. The molecule has 0 unspecified atom stereocenters. The zero-order valence-corrected chi connectivity index (χ0v) is 15.5. The number of nitrogens with zero attached hydrogens (tertiary/aromatic N) is 1. The molecule has 0 saturated heterocycles. The molecule has 0 bridgehead atoms. The first-order valence-electron chi connectivity index (χ1n) is 8.06. The summed E-state index contributed by atoms with van der Waals surface area (Å²) in [6.45, 7) is 10.8. The Labute approximate surface area is 147 Å². The molecule has 8 nitrogen and oxygen atoms in total. The number of rotatable bonds is 5. The molecule has 1 aromatic rings. The average molecular weight is 350 g/mol. The molecule has 0 fully saturated rings. The lowest BCUT2D eigenvalue weighted by Gasteiger charge is -2.23. The maximum Gasteiger partial charge on any atom is 0.339 e. The monoisotopic (exact) mass is 350 g/mol. The van der Waals surface area contributed by atoms with E-state index in [1.165, 1.54) is 12.3 Å². The number of aromatic nitrogens is 1. The van der Waals surface area contributed by atoms with E-state index < -0.39 is 23.6 Å². The summed E-state index contributed by atoms with van der Waals surface area (Å²) in [4.78, 5) is 39.9. The van der Waals surface area contributed by atoms with E-state index in [1.54, 1.807) is 20.8 Å². The van der Waals surface area contributed by atoms with E-state index in [0.29, 0.717) is 11.4 Å². The van der Waals surface area contributed by atoms with E-state index in [1.807, 2.05) is 20.8 Å². The van der Waals surface area contributed by atoms with Gasteiger partial charge in [0.25, 0.3) is 0 Å². The molecule has 1 aromatic heterocycles. The van der Waals surface area contributed by atoms with Crippen LogP contribution >= 0.6 is 0 Å². The number of carbonyl (C=O) groups is 3. The minimum Gasteiger partial charge on any atom is -0.462 e. The molecule has 0 radical (unpaired) electrons. The summed E-state index contributed by atoms with van der Waals surface area (Å²) < 4.78 is 4.91.